The molecular formula is C15H10F6O4. The second-order valence-electron chi connectivity index (χ2n) is 4.80. The fourth-order valence-electron chi connectivity index (χ4n) is 1.62. The van der Waals surface area contributed by atoms with Gasteiger partial charge in [-0.3, -0.25) is 0 Å². The van der Waals surface area contributed by atoms with Gasteiger partial charge < -0.3 is 19.7 Å². The van der Waals surface area contributed by atoms with Crippen LogP contribution in [-0.4, -0.2) is 28.4 Å². The normalized spacial score (nSPS) is 12.7. The Labute approximate surface area is 136 Å². The van der Waals surface area contributed by atoms with Crippen molar-refractivity contribution in [1.29, 1.82) is 0 Å². The molecule has 2 N–H and O–H groups in total. The van der Waals surface area contributed by atoms with Gasteiger partial charge in [0.15, 0.2) is 0 Å². The summed E-state index contributed by atoms with van der Waals surface area (Å²) >= 11 is 0. The molecule has 0 atom stereocenters. The van der Waals surface area contributed by atoms with Crippen molar-refractivity contribution >= 4 is 0 Å². The van der Waals surface area contributed by atoms with Gasteiger partial charge in [0.1, 0.15) is 23.0 Å². The maximum atomic E-state index is 13.7. The lowest BCUT2D eigenvalue weighted by Crippen LogP contribution is -2.59. The lowest BCUT2D eigenvalue weighted by Gasteiger charge is -2.31. The first kappa shape index (κ1) is 18.6. The number of phenolic OH excluding ortho intramolecular Hbond substituents is 2. The van der Waals surface area contributed by atoms with Crippen LogP contribution in [0.15, 0.2) is 48.5 Å². The topological polar surface area (TPSA) is 58.9 Å². The molecule has 136 valence electrons. The molecule has 2 aromatic carbocycles. The van der Waals surface area contributed by atoms with Crippen LogP contribution in [0.1, 0.15) is 0 Å². The maximum Gasteiger partial charge on any atom is 0.475 e. The smallest absolute Gasteiger partial charge is 0.475 e. The number of rotatable bonds is 6. The molecule has 0 amide bonds. The summed E-state index contributed by atoms with van der Waals surface area (Å²) in [6.07, 6.45) is -11.3. The molecule has 0 bridgehead atoms. The van der Waals surface area contributed by atoms with Gasteiger partial charge in [-0.25, -0.2) is 0 Å². The molecule has 2 aromatic rings. The Morgan fingerprint density at radius 2 is 0.840 bits per heavy atom. The monoisotopic (exact) mass is 368 g/mol. The first-order valence-corrected chi connectivity index (χ1v) is 6.54. The Morgan fingerprint density at radius 1 is 0.560 bits per heavy atom. The van der Waals surface area contributed by atoms with Gasteiger partial charge in [0.25, 0.3) is 0 Å². The Bertz CT molecular complexity index is 654. The SMILES string of the molecule is Oc1ccc(OC(F)(F)C(F)(F)C(F)(F)Oc2ccc(O)cc2)cc1. The summed E-state index contributed by atoms with van der Waals surface area (Å²) < 4.78 is 89.1. The second-order valence-corrected chi connectivity index (χ2v) is 4.80. The minimum absolute atomic E-state index is 0.372. The molecule has 0 aliphatic heterocycles. The molecule has 0 aliphatic carbocycles. The highest BCUT2D eigenvalue weighted by Crippen LogP contribution is 2.47. The van der Waals surface area contributed by atoms with Gasteiger partial charge in [0, 0.05) is 0 Å². The van der Waals surface area contributed by atoms with Crippen molar-refractivity contribution in [2.24, 2.45) is 0 Å². The Hall–Kier alpha value is -2.78. The van der Waals surface area contributed by atoms with E-state index in [4.69, 9.17) is 10.2 Å². The highest BCUT2D eigenvalue weighted by Gasteiger charge is 2.77. The molecule has 0 unspecified atom stereocenters. The Balaban J connectivity index is 2.23. The summed E-state index contributed by atoms with van der Waals surface area (Å²) in [5.41, 5.74) is 0. The minimum Gasteiger partial charge on any atom is -0.508 e. The van der Waals surface area contributed by atoms with Crippen molar-refractivity contribution in [2.45, 2.75) is 18.1 Å². The summed E-state index contributed by atoms with van der Waals surface area (Å²) in [6, 6.07) is 6.14. The van der Waals surface area contributed by atoms with Crippen LogP contribution >= 0.6 is 0 Å². The average Bonchev–Trinajstić information content (AvgIpc) is 2.51. The second kappa shape index (κ2) is 6.26. The van der Waals surface area contributed by atoms with Crippen LogP contribution < -0.4 is 9.47 Å². The molecular weight excluding hydrogens is 358 g/mol. The van der Waals surface area contributed by atoms with Gasteiger partial charge in [0.05, 0.1) is 0 Å². The van der Waals surface area contributed by atoms with Crippen molar-refractivity contribution in [3.8, 4) is 23.0 Å². The summed E-state index contributed by atoms with van der Waals surface area (Å²) in [5.74, 6) is -8.53. The molecule has 0 aromatic heterocycles. The molecule has 0 fully saturated rings. The number of halogens is 6. The van der Waals surface area contributed by atoms with Gasteiger partial charge >= 0.3 is 18.1 Å². The fraction of sp³-hybridized carbons (Fsp3) is 0.200. The number of alkyl halides is 6. The maximum absolute atomic E-state index is 13.7. The van der Waals surface area contributed by atoms with Crippen LogP contribution in [0.3, 0.4) is 0 Å². The van der Waals surface area contributed by atoms with E-state index in [-0.39, 0.29) is 11.5 Å². The molecule has 2 rings (SSSR count). The van der Waals surface area contributed by atoms with Crippen LogP contribution in [0.2, 0.25) is 0 Å². The summed E-state index contributed by atoms with van der Waals surface area (Å²) in [6.45, 7) is 0. The first-order chi connectivity index (χ1) is 11.4. The minimum atomic E-state index is -6.05. The summed E-state index contributed by atoms with van der Waals surface area (Å²) in [7, 11) is 0. The van der Waals surface area contributed by atoms with Crippen molar-refractivity contribution in [3.05, 3.63) is 48.5 Å². The van der Waals surface area contributed by atoms with E-state index < -0.39 is 29.6 Å². The number of benzene rings is 2. The molecule has 10 heteroatoms. The first-order valence-electron chi connectivity index (χ1n) is 6.54. The predicted octanol–water partition coefficient (Wildman–Crippen LogP) is 4.38. The van der Waals surface area contributed by atoms with E-state index in [0.29, 0.717) is 24.3 Å². The van der Waals surface area contributed by atoms with E-state index in [2.05, 4.69) is 9.47 Å². The fourth-order valence-corrected chi connectivity index (χ4v) is 1.62. The molecule has 0 saturated carbocycles. The largest absolute Gasteiger partial charge is 0.508 e. The average molecular weight is 368 g/mol. The van der Waals surface area contributed by atoms with Gasteiger partial charge in [-0.05, 0) is 48.5 Å². The standard InChI is InChI=1S/C15H10F6O4/c16-13(17,14(18,19)24-11-5-1-9(22)2-6-11)15(20,21)25-12-7-3-10(23)4-8-12/h1-8,22-23H. The highest BCUT2D eigenvalue weighted by atomic mass is 19.4. The van der Waals surface area contributed by atoms with Gasteiger partial charge in [0.2, 0.25) is 0 Å². The van der Waals surface area contributed by atoms with Crippen molar-refractivity contribution in [2.75, 3.05) is 0 Å². The number of hydrogen-bond acceptors (Lipinski definition) is 4. The van der Waals surface area contributed by atoms with Gasteiger partial charge in [-0.2, -0.15) is 26.3 Å². The van der Waals surface area contributed by atoms with Gasteiger partial charge in [-0.15, -0.1) is 0 Å². The zero-order valence-corrected chi connectivity index (χ0v) is 12.1. The molecule has 0 aliphatic rings. The summed E-state index contributed by atoms with van der Waals surface area (Å²) in [5, 5.41) is 18.0. The van der Waals surface area contributed by atoms with Crippen molar-refractivity contribution in [3.63, 3.8) is 0 Å². The molecule has 25 heavy (non-hydrogen) atoms. The van der Waals surface area contributed by atoms with E-state index in [1.54, 1.807) is 0 Å². The third-order valence-electron chi connectivity index (χ3n) is 2.90. The third kappa shape index (κ3) is 3.83. The van der Waals surface area contributed by atoms with Crippen LogP contribution in [-0.2, 0) is 0 Å². The molecule has 4 nitrogen and oxygen atoms in total. The predicted molar refractivity (Wildman–Crippen MR) is 72.3 cm³/mol. The molecule has 0 radical (unpaired) electrons. The zero-order valence-electron chi connectivity index (χ0n) is 12.1. The highest BCUT2D eigenvalue weighted by molar-refractivity contribution is 5.31. The third-order valence-corrected chi connectivity index (χ3v) is 2.90. The van der Waals surface area contributed by atoms with Crippen molar-refractivity contribution in [1.82, 2.24) is 0 Å². The lowest BCUT2D eigenvalue weighted by molar-refractivity contribution is -0.415. The van der Waals surface area contributed by atoms with E-state index in [1.165, 1.54) is 0 Å². The number of hydrogen-bond donors (Lipinski definition) is 2. The van der Waals surface area contributed by atoms with Crippen LogP contribution in [0.4, 0.5) is 26.3 Å². The number of ether oxygens (including phenoxy) is 2. The Kier molecular flexibility index (Phi) is 4.65. The van der Waals surface area contributed by atoms with E-state index in [0.717, 1.165) is 24.3 Å². The quantitative estimate of drug-likeness (QED) is 0.743. The van der Waals surface area contributed by atoms with E-state index in [9.17, 15) is 26.3 Å². The molecule has 0 heterocycles. The van der Waals surface area contributed by atoms with Crippen LogP contribution in [0, 0.1) is 0 Å². The van der Waals surface area contributed by atoms with Crippen LogP contribution in [0.25, 0.3) is 0 Å². The van der Waals surface area contributed by atoms with Gasteiger partial charge in [-0.1, -0.05) is 0 Å². The van der Waals surface area contributed by atoms with Crippen molar-refractivity contribution < 1.29 is 46.0 Å². The molecule has 0 spiro atoms. The number of aromatic hydroxyl groups is 2. The number of phenols is 2. The summed E-state index contributed by atoms with van der Waals surface area (Å²) in [4.78, 5) is 0. The Morgan fingerprint density at radius 3 is 1.12 bits per heavy atom. The van der Waals surface area contributed by atoms with Crippen LogP contribution in [0.5, 0.6) is 23.0 Å². The molecule has 0 saturated heterocycles. The van der Waals surface area contributed by atoms with E-state index >= 15 is 0 Å². The lowest BCUT2D eigenvalue weighted by atomic mass is 10.2. The van der Waals surface area contributed by atoms with E-state index in [1.807, 2.05) is 0 Å². The zero-order chi connectivity index (χ0) is 18.9.